The average Bonchev–Trinajstić information content (AvgIpc) is 3.04. The van der Waals surface area contributed by atoms with E-state index >= 15 is 0 Å². The van der Waals surface area contributed by atoms with Crippen LogP contribution in [-0.4, -0.2) is 52.8 Å². The van der Waals surface area contributed by atoms with Gasteiger partial charge >= 0.3 is 0 Å². The number of carbonyl (C=O) groups is 2. The van der Waals surface area contributed by atoms with Gasteiger partial charge < -0.3 is 14.8 Å². The van der Waals surface area contributed by atoms with E-state index in [0.29, 0.717) is 37.4 Å². The molecule has 1 aliphatic rings. The first-order valence-electron chi connectivity index (χ1n) is 8.96. The lowest BCUT2D eigenvalue weighted by Gasteiger charge is -2.35. The monoisotopic (exact) mass is 425 g/mol. The number of nitrogens with zero attached hydrogens (tertiary/aromatic N) is 2. The summed E-state index contributed by atoms with van der Waals surface area (Å²) in [6, 6.07) is 15.4. The van der Waals surface area contributed by atoms with Crippen LogP contribution < -0.4 is 0 Å². The van der Waals surface area contributed by atoms with Gasteiger partial charge in [0.2, 0.25) is 0 Å². The smallest absolute Gasteiger partial charge is 0.270 e. The molecule has 3 aromatic rings. The molecule has 0 unspecified atom stereocenters. The number of aromatic nitrogens is 1. The fourth-order valence-electron chi connectivity index (χ4n) is 3.57. The summed E-state index contributed by atoms with van der Waals surface area (Å²) in [6.07, 6.45) is 0. The predicted octanol–water partition coefficient (Wildman–Crippen LogP) is 3.84. The Labute approximate surface area is 166 Å². The van der Waals surface area contributed by atoms with Crippen LogP contribution in [-0.2, 0) is 0 Å². The van der Waals surface area contributed by atoms with Crippen LogP contribution in [0.4, 0.5) is 0 Å². The highest BCUT2D eigenvalue weighted by Crippen LogP contribution is 2.23. The maximum atomic E-state index is 13.0. The maximum absolute atomic E-state index is 13.0. The second-order valence-corrected chi connectivity index (χ2v) is 7.59. The van der Waals surface area contributed by atoms with Crippen LogP contribution in [0.3, 0.4) is 0 Å². The van der Waals surface area contributed by atoms with Crippen molar-refractivity contribution >= 4 is 38.6 Å². The molecule has 0 radical (unpaired) electrons. The first kappa shape index (κ1) is 17.8. The topological polar surface area (TPSA) is 56.4 Å². The first-order valence-corrected chi connectivity index (χ1v) is 9.76. The number of aromatic amines is 1. The van der Waals surface area contributed by atoms with E-state index in [9.17, 15) is 9.59 Å². The van der Waals surface area contributed by atoms with Gasteiger partial charge in [-0.1, -0.05) is 30.3 Å². The van der Waals surface area contributed by atoms with Crippen LogP contribution in [0.25, 0.3) is 10.9 Å². The van der Waals surface area contributed by atoms with Crippen LogP contribution in [0.1, 0.15) is 26.4 Å². The summed E-state index contributed by atoms with van der Waals surface area (Å²) in [5.41, 5.74) is 3.24. The quantitative estimate of drug-likeness (QED) is 0.677. The summed E-state index contributed by atoms with van der Waals surface area (Å²) in [4.78, 5) is 32.6. The average molecular weight is 426 g/mol. The Morgan fingerprint density at radius 2 is 1.48 bits per heavy atom. The molecule has 0 saturated carbocycles. The van der Waals surface area contributed by atoms with Gasteiger partial charge in [-0.3, -0.25) is 9.59 Å². The van der Waals surface area contributed by atoms with Crippen molar-refractivity contribution in [2.75, 3.05) is 26.2 Å². The molecule has 0 aliphatic carbocycles. The van der Waals surface area contributed by atoms with Crippen LogP contribution in [0.15, 0.2) is 53.0 Å². The molecule has 0 spiro atoms. The number of benzene rings is 2. The Kier molecular flexibility index (Phi) is 4.74. The number of carbonyl (C=O) groups excluding carboxylic acids is 2. The summed E-state index contributed by atoms with van der Waals surface area (Å²) < 4.78 is 0.794. The Balaban J connectivity index is 1.47. The van der Waals surface area contributed by atoms with Crippen molar-refractivity contribution in [2.24, 2.45) is 0 Å². The zero-order chi connectivity index (χ0) is 19.0. The fourth-order valence-corrected chi connectivity index (χ4v) is 4.03. The van der Waals surface area contributed by atoms with Crippen molar-refractivity contribution in [2.45, 2.75) is 6.92 Å². The van der Waals surface area contributed by atoms with Crippen molar-refractivity contribution in [3.8, 4) is 0 Å². The summed E-state index contributed by atoms with van der Waals surface area (Å²) in [5.74, 6) is -0.00643. The van der Waals surface area contributed by atoms with Gasteiger partial charge in [0, 0.05) is 41.6 Å². The van der Waals surface area contributed by atoms with Gasteiger partial charge in [-0.25, -0.2) is 0 Å². The predicted molar refractivity (Wildman–Crippen MR) is 109 cm³/mol. The molecular weight excluding hydrogens is 406 g/mol. The number of rotatable bonds is 2. The Morgan fingerprint density at radius 1 is 0.889 bits per heavy atom. The minimum absolute atomic E-state index is 0.00306. The molecule has 1 fully saturated rings. The molecule has 4 rings (SSSR count). The van der Waals surface area contributed by atoms with E-state index in [2.05, 4.69) is 20.9 Å². The minimum Gasteiger partial charge on any atom is -0.350 e. The van der Waals surface area contributed by atoms with Gasteiger partial charge in [-0.2, -0.15) is 0 Å². The van der Waals surface area contributed by atoms with E-state index in [1.54, 1.807) is 0 Å². The van der Waals surface area contributed by atoms with Gasteiger partial charge in [0.05, 0.1) is 5.56 Å². The second-order valence-electron chi connectivity index (χ2n) is 6.73. The molecule has 27 heavy (non-hydrogen) atoms. The molecule has 1 aliphatic heterocycles. The minimum atomic E-state index is -0.00336. The second kappa shape index (κ2) is 7.19. The molecule has 0 atom stereocenters. The molecule has 2 heterocycles. The number of hydrogen-bond donors (Lipinski definition) is 1. The van der Waals surface area contributed by atoms with Crippen LogP contribution in [0.2, 0.25) is 0 Å². The molecule has 0 bridgehead atoms. The van der Waals surface area contributed by atoms with Crippen molar-refractivity contribution < 1.29 is 9.59 Å². The third-order valence-electron chi connectivity index (χ3n) is 5.14. The molecule has 1 saturated heterocycles. The molecule has 2 amide bonds. The number of halogens is 1. The summed E-state index contributed by atoms with van der Waals surface area (Å²) in [6.45, 7) is 4.10. The van der Waals surface area contributed by atoms with Gasteiger partial charge in [0.15, 0.2) is 0 Å². The van der Waals surface area contributed by atoms with Crippen molar-refractivity contribution in [3.05, 3.63) is 69.8 Å². The molecule has 1 aromatic heterocycles. The summed E-state index contributed by atoms with van der Waals surface area (Å²) >= 11 is 3.44. The third-order valence-corrected chi connectivity index (χ3v) is 5.83. The highest BCUT2D eigenvalue weighted by Gasteiger charge is 2.27. The van der Waals surface area contributed by atoms with Gasteiger partial charge in [0.25, 0.3) is 11.8 Å². The van der Waals surface area contributed by atoms with Crippen LogP contribution in [0, 0.1) is 6.92 Å². The number of piperazine rings is 1. The maximum Gasteiger partial charge on any atom is 0.270 e. The lowest BCUT2D eigenvalue weighted by atomic mass is 10.1. The number of fused-ring (bicyclic) bond motifs is 1. The first-order chi connectivity index (χ1) is 13.1. The number of H-pyrrole nitrogens is 1. The van der Waals surface area contributed by atoms with E-state index in [-0.39, 0.29) is 11.8 Å². The van der Waals surface area contributed by atoms with Gasteiger partial charge in [-0.05, 0) is 46.6 Å². The molecule has 138 valence electrons. The number of amides is 2. The van der Waals surface area contributed by atoms with Crippen molar-refractivity contribution in [1.82, 2.24) is 14.8 Å². The highest BCUT2D eigenvalue weighted by molar-refractivity contribution is 9.10. The van der Waals surface area contributed by atoms with E-state index < -0.39 is 0 Å². The van der Waals surface area contributed by atoms with E-state index in [1.807, 2.05) is 65.3 Å². The zero-order valence-corrected chi connectivity index (χ0v) is 16.6. The van der Waals surface area contributed by atoms with Crippen molar-refractivity contribution in [3.63, 3.8) is 0 Å². The number of para-hydroxylation sites is 1. The zero-order valence-electron chi connectivity index (χ0n) is 15.0. The fraction of sp³-hybridized carbons (Fsp3) is 0.238. The van der Waals surface area contributed by atoms with E-state index in [1.165, 1.54) is 0 Å². The SMILES string of the molecule is Cc1c(C(=O)N2CCN(C(=O)c3ccccc3Br)CC2)[nH]c2ccccc12. The normalized spacial score (nSPS) is 14.6. The Morgan fingerprint density at radius 3 is 2.15 bits per heavy atom. The van der Waals surface area contributed by atoms with E-state index in [0.717, 1.165) is 20.9 Å². The van der Waals surface area contributed by atoms with E-state index in [4.69, 9.17) is 0 Å². The molecule has 2 aromatic carbocycles. The Hall–Kier alpha value is -2.60. The molecule has 6 heteroatoms. The Bertz CT molecular complexity index is 1020. The lowest BCUT2D eigenvalue weighted by Crippen LogP contribution is -2.50. The molecular formula is C21H20BrN3O2. The third kappa shape index (κ3) is 3.25. The van der Waals surface area contributed by atoms with Gasteiger partial charge in [0.1, 0.15) is 5.69 Å². The highest BCUT2D eigenvalue weighted by atomic mass is 79.9. The van der Waals surface area contributed by atoms with Crippen molar-refractivity contribution in [1.29, 1.82) is 0 Å². The largest absolute Gasteiger partial charge is 0.350 e. The van der Waals surface area contributed by atoms with Crippen LogP contribution in [0.5, 0.6) is 0 Å². The summed E-state index contributed by atoms with van der Waals surface area (Å²) in [5, 5.41) is 1.07. The number of nitrogens with one attached hydrogen (secondary N) is 1. The van der Waals surface area contributed by atoms with Crippen LogP contribution >= 0.6 is 15.9 Å². The lowest BCUT2D eigenvalue weighted by molar-refractivity contribution is 0.0532. The molecule has 1 N–H and O–H groups in total. The standard InChI is InChI=1S/C21H20BrN3O2/c1-14-15-6-3-5-9-18(15)23-19(14)21(27)25-12-10-24(11-13-25)20(26)16-7-2-4-8-17(16)22/h2-9,23H,10-13H2,1H3. The number of hydrogen-bond acceptors (Lipinski definition) is 2. The van der Waals surface area contributed by atoms with Gasteiger partial charge in [-0.15, -0.1) is 0 Å². The molecule has 5 nitrogen and oxygen atoms in total. The number of aryl methyl sites for hydroxylation is 1. The summed E-state index contributed by atoms with van der Waals surface area (Å²) in [7, 11) is 0.